The lowest BCUT2D eigenvalue weighted by Gasteiger charge is -2.15. The maximum absolute atomic E-state index is 11.9. The van der Waals surface area contributed by atoms with E-state index in [1.165, 1.54) is 4.90 Å². The third kappa shape index (κ3) is 5.79. The Balaban J connectivity index is 2.61. The van der Waals surface area contributed by atoms with Crippen LogP contribution in [0.4, 0.5) is 5.69 Å². The van der Waals surface area contributed by atoms with Crippen molar-refractivity contribution in [3.8, 4) is 0 Å². The fourth-order valence-corrected chi connectivity index (χ4v) is 2.46. The van der Waals surface area contributed by atoms with Gasteiger partial charge in [0.15, 0.2) is 0 Å². The molecule has 0 saturated carbocycles. The second kappa shape index (κ2) is 8.08. The van der Waals surface area contributed by atoms with Crippen LogP contribution in [0.3, 0.4) is 0 Å². The molecule has 21 heavy (non-hydrogen) atoms. The van der Waals surface area contributed by atoms with Crippen LogP contribution in [0.1, 0.15) is 31.1 Å². The van der Waals surface area contributed by atoms with Crippen molar-refractivity contribution in [2.75, 3.05) is 25.2 Å². The molecule has 0 fully saturated rings. The molecule has 1 N–H and O–H groups in total. The minimum Gasteiger partial charge on any atom is -0.345 e. The summed E-state index contributed by atoms with van der Waals surface area (Å²) >= 11 is 1.64. The van der Waals surface area contributed by atoms with Gasteiger partial charge < -0.3 is 10.2 Å². The number of carbonyl (C=O) groups excluding carboxylic acids is 2. The molecule has 1 aromatic rings. The Labute approximate surface area is 131 Å². The van der Waals surface area contributed by atoms with Crippen LogP contribution >= 0.6 is 11.8 Å². The second-order valence-corrected chi connectivity index (χ2v) is 6.95. The molecule has 0 aliphatic rings. The Morgan fingerprint density at radius 1 is 1.24 bits per heavy atom. The smallest absolute Gasteiger partial charge is 0.253 e. The molecule has 4 nitrogen and oxygen atoms in total. The zero-order valence-corrected chi connectivity index (χ0v) is 14.2. The first kappa shape index (κ1) is 17.6. The highest BCUT2D eigenvalue weighted by Crippen LogP contribution is 2.19. The summed E-state index contributed by atoms with van der Waals surface area (Å²) in [6, 6.07) is 7.02. The molecule has 116 valence electrons. The summed E-state index contributed by atoms with van der Waals surface area (Å²) in [6.45, 7) is 6.41. The lowest BCUT2D eigenvalue weighted by atomic mass is 10.2. The highest BCUT2D eigenvalue weighted by molar-refractivity contribution is 8.00. The predicted molar refractivity (Wildman–Crippen MR) is 89.8 cm³/mol. The van der Waals surface area contributed by atoms with Crippen LogP contribution in [0.15, 0.2) is 24.3 Å². The van der Waals surface area contributed by atoms with Gasteiger partial charge in [-0.2, -0.15) is 0 Å². The number of carbonyl (C=O) groups is 2. The van der Waals surface area contributed by atoms with Crippen molar-refractivity contribution in [2.24, 2.45) is 5.92 Å². The first-order chi connectivity index (χ1) is 9.81. The van der Waals surface area contributed by atoms with Crippen LogP contribution < -0.4 is 5.32 Å². The monoisotopic (exact) mass is 308 g/mol. The van der Waals surface area contributed by atoms with Gasteiger partial charge in [0.05, 0.1) is 5.75 Å². The van der Waals surface area contributed by atoms with Crippen molar-refractivity contribution in [2.45, 2.75) is 26.0 Å². The average molecular weight is 308 g/mol. The number of anilines is 1. The highest BCUT2D eigenvalue weighted by atomic mass is 32.2. The minimum atomic E-state index is -0.0751. The Morgan fingerprint density at radius 2 is 1.90 bits per heavy atom. The number of hydrogen-bond donors (Lipinski definition) is 1. The molecule has 0 bridgehead atoms. The molecule has 1 atom stereocenters. The number of nitrogens with zero attached hydrogens (tertiary/aromatic N) is 1. The summed E-state index contributed by atoms with van der Waals surface area (Å²) < 4.78 is 0. The van der Waals surface area contributed by atoms with Gasteiger partial charge in [-0.05, 0) is 24.1 Å². The van der Waals surface area contributed by atoms with E-state index < -0.39 is 0 Å². The van der Waals surface area contributed by atoms with E-state index in [0.717, 1.165) is 0 Å². The summed E-state index contributed by atoms with van der Waals surface area (Å²) in [6.07, 6.45) is 0. The van der Waals surface area contributed by atoms with Crippen LogP contribution in [0.25, 0.3) is 0 Å². The van der Waals surface area contributed by atoms with E-state index in [1.54, 1.807) is 50.1 Å². The first-order valence-electron chi connectivity index (χ1n) is 7.04. The van der Waals surface area contributed by atoms with E-state index in [0.29, 0.717) is 28.2 Å². The van der Waals surface area contributed by atoms with Crippen LogP contribution in [0, 0.1) is 5.92 Å². The van der Waals surface area contributed by atoms with Crippen LogP contribution in [-0.2, 0) is 4.79 Å². The molecule has 0 saturated heterocycles. The van der Waals surface area contributed by atoms with Gasteiger partial charge in [-0.1, -0.05) is 26.8 Å². The molecular weight excluding hydrogens is 284 g/mol. The van der Waals surface area contributed by atoms with Crippen molar-refractivity contribution in [1.82, 2.24) is 4.90 Å². The van der Waals surface area contributed by atoms with Gasteiger partial charge >= 0.3 is 0 Å². The Kier molecular flexibility index (Phi) is 6.75. The lowest BCUT2D eigenvalue weighted by molar-refractivity contribution is -0.113. The molecule has 0 radical (unpaired) electrons. The normalized spacial score (nSPS) is 12.1. The van der Waals surface area contributed by atoms with Gasteiger partial charge in [-0.15, -0.1) is 11.8 Å². The number of hydrogen-bond acceptors (Lipinski definition) is 3. The summed E-state index contributed by atoms with van der Waals surface area (Å²) in [5.41, 5.74) is 1.23. The van der Waals surface area contributed by atoms with E-state index in [-0.39, 0.29) is 11.8 Å². The summed E-state index contributed by atoms with van der Waals surface area (Å²) in [5, 5.41) is 3.28. The number of benzene rings is 1. The van der Waals surface area contributed by atoms with Gasteiger partial charge in [0.1, 0.15) is 0 Å². The Hall–Kier alpha value is -1.49. The largest absolute Gasteiger partial charge is 0.345 e. The van der Waals surface area contributed by atoms with Crippen molar-refractivity contribution in [3.63, 3.8) is 0 Å². The van der Waals surface area contributed by atoms with Gasteiger partial charge in [0.25, 0.3) is 5.91 Å². The number of nitrogens with one attached hydrogen (secondary N) is 1. The second-order valence-electron chi connectivity index (χ2n) is 5.59. The van der Waals surface area contributed by atoms with Gasteiger partial charge in [-0.3, -0.25) is 9.59 Å². The molecule has 0 unspecified atom stereocenters. The van der Waals surface area contributed by atoms with E-state index in [9.17, 15) is 9.59 Å². The third-order valence-corrected chi connectivity index (χ3v) is 4.71. The maximum atomic E-state index is 11.9. The molecule has 0 aromatic heterocycles. The molecule has 0 spiro atoms. The van der Waals surface area contributed by atoms with Crippen LogP contribution in [0.5, 0.6) is 0 Å². The summed E-state index contributed by atoms with van der Waals surface area (Å²) in [5.74, 6) is 0.852. The van der Waals surface area contributed by atoms with E-state index in [2.05, 4.69) is 26.1 Å². The molecule has 1 aromatic carbocycles. The quantitative estimate of drug-likeness (QED) is 0.878. The number of rotatable bonds is 6. The van der Waals surface area contributed by atoms with Crippen LogP contribution in [0.2, 0.25) is 0 Å². The first-order valence-corrected chi connectivity index (χ1v) is 8.09. The molecule has 0 aliphatic carbocycles. The van der Waals surface area contributed by atoms with Crippen molar-refractivity contribution >= 4 is 29.3 Å². The predicted octanol–water partition coefficient (Wildman–Crippen LogP) is 3.10. The Morgan fingerprint density at radius 3 is 2.48 bits per heavy atom. The molecule has 0 aliphatic heterocycles. The molecule has 0 heterocycles. The van der Waals surface area contributed by atoms with E-state index in [4.69, 9.17) is 0 Å². The van der Waals surface area contributed by atoms with Crippen molar-refractivity contribution in [3.05, 3.63) is 29.8 Å². The molecular formula is C16H24N2O2S. The van der Waals surface area contributed by atoms with Crippen molar-refractivity contribution < 1.29 is 9.59 Å². The zero-order valence-electron chi connectivity index (χ0n) is 13.3. The molecule has 2 amide bonds. The number of amides is 2. The van der Waals surface area contributed by atoms with Crippen molar-refractivity contribution in [1.29, 1.82) is 0 Å². The highest BCUT2D eigenvalue weighted by Gasteiger charge is 2.12. The lowest BCUT2D eigenvalue weighted by Crippen LogP contribution is -2.22. The standard InChI is InChI=1S/C16H24N2O2S/c1-11(2)12(3)21-10-15(19)17-14-8-6-7-13(9-14)16(20)18(4)5/h6-9,11-12H,10H2,1-5H3,(H,17,19)/t12-/m0/s1. The fourth-order valence-electron chi connectivity index (χ4n) is 1.58. The topological polar surface area (TPSA) is 49.4 Å². The van der Waals surface area contributed by atoms with Gasteiger partial charge in [0, 0.05) is 30.6 Å². The summed E-state index contributed by atoms with van der Waals surface area (Å²) in [7, 11) is 3.41. The zero-order chi connectivity index (χ0) is 16.0. The van der Waals surface area contributed by atoms with Crippen LogP contribution in [-0.4, -0.2) is 41.8 Å². The summed E-state index contributed by atoms with van der Waals surface area (Å²) in [4.78, 5) is 25.3. The minimum absolute atomic E-state index is 0.0399. The SMILES string of the molecule is CC(C)[C@H](C)SCC(=O)Nc1cccc(C(=O)N(C)C)c1. The van der Waals surface area contributed by atoms with Gasteiger partial charge in [-0.25, -0.2) is 0 Å². The maximum Gasteiger partial charge on any atom is 0.253 e. The molecule has 1 rings (SSSR count). The number of thioether (sulfide) groups is 1. The van der Waals surface area contributed by atoms with E-state index >= 15 is 0 Å². The molecule has 5 heteroatoms. The Bertz CT molecular complexity index is 501. The fraction of sp³-hybridized carbons (Fsp3) is 0.500. The average Bonchev–Trinajstić information content (AvgIpc) is 2.43. The van der Waals surface area contributed by atoms with E-state index in [1.807, 2.05) is 0 Å². The third-order valence-electron chi connectivity index (χ3n) is 3.22. The van der Waals surface area contributed by atoms with Gasteiger partial charge in [0.2, 0.25) is 5.91 Å².